The van der Waals surface area contributed by atoms with Crippen molar-refractivity contribution in [2.24, 2.45) is 0 Å². The third-order valence-electron chi connectivity index (χ3n) is 3.16. The van der Waals surface area contributed by atoms with Crippen LogP contribution in [0.1, 0.15) is 16.1 Å². The van der Waals surface area contributed by atoms with E-state index in [9.17, 15) is 4.79 Å². The Hall–Kier alpha value is -2.67. The molecule has 7 heteroatoms. The minimum absolute atomic E-state index is 0.231. The van der Waals surface area contributed by atoms with Gasteiger partial charge in [-0.05, 0) is 12.1 Å². The van der Waals surface area contributed by atoms with Gasteiger partial charge < -0.3 is 9.26 Å². The standard InChI is InChI=1S/C14H9N3O3S/c18-13(16-14-15-5-6-21-14)11-9-7-19-10-4-2-1-3-8(10)12(9)20-17-11/h1-6H,7H2,(H,15,16,18). The molecule has 0 radical (unpaired) electrons. The number of rotatable bonds is 2. The van der Waals surface area contributed by atoms with Gasteiger partial charge in [0, 0.05) is 11.6 Å². The van der Waals surface area contributed by atoms with Crippen molar-refractivity contribution < 1.29 is 14.1 Å². The summed E-state index contributed by atoms with van der Waals surface area (Å²) in [5.74, 6) is 0.965. The van der Waals surface area contributed by atoms with Gasteiger partial charge in [0.25, 0.3) is 5.91 Å². The molecule has 0 bridgehead atoms. The number of fused-ring (bicyclic) bond motifs is 3. The van der Waals surface area contributed by atoms with Gasteiger partial charge in [-0.3, -0.25) is 10.1 Å². The molecule has 1 aromatic carbocycles. The Kier molecular flexibility index (Phi) is 2.71. The van der Waals surface area contributed by atoms with E-state index in [1.165, 1.54) is 11.3 Å². The van der Waals surface area contributed by atoms with Crippen LogP contribution in [0.3, 0.4) is 0 Å². The van der Waals surface area contributed by atoms with Crippen molar-refractivity contribution in [3.05, 3.63) is 47.1 Å². The fourth-order valence-electron chi connectivity index (χ4n) is 2.20. The zero-order chi connectivity index (χ0) is 14.2. The van der Waals surface area contributed by atoms with Crippen molar-refractivity contribution in [1.29, 1.82) is 0 Å². The molecule has 104 valence electrons. The third kappa shape index (κ3) is 1.98. The summed E-state index contributed by atoms with van der Waals surface area (Å²) >= 11 is 1.34. The fraction of sp³-hybridized carbons (Fsp3) is 0.0714. The summed E-state index contributed by atoms with van der Waals surface area (Å²) in [7, 11) is 0. The molecule has 1 N–H and O–H groups in total. The molecule has 1 aliphatic rings. The molecule has 0 saturated heterocycles. The van der Waals surface area contributed by atoms with Crippen LogP contribution in [0.25, 0.3) is 11.3 Å². The Morgan fingerprint density at radius 3 is 3.10 bits per heavy atom. The average molecular weight is 299 g/mol. The van der Waals surface area contributed by atoms with Crippen molar-refractivity contribution in [3.63, 3.8) is 0 Å². The number of carbonyl (C=O) groups excluding carboxylic acids is 1. The summed E-state index contributed by atoms with van der Waals surface area (Å²) in [5.41, 5.74) is 1.69. The number of para-hydroxylation sites is 1. The molecule has 0 fully saturated rings. The van der Waals surface area contributed by atoms with E-state index >= 15 is 0 Å². The van der Waals surface area contributed by atoms with Gasteiger partial charge in [0.2, 0.25) is 0 Å². The number of hydrogen-bond donors (Lipinski definition) is 1. The smallest absolute Gasteiger partial charge is 0.280 e. The Morgan fingerprint density at radius 2 is 2.24 bits per heavy atom. The molecule has 21 heavy (non-hydrogen) atoms. The number of nitrogens with one attached hydrogen (secondary N) is 1. The van der Waals surface area contributed by atoms with Crippen molar-refractivity contribution in [2.45, 2.75) is 6.61 Å². The number of hydrogen-bond acceptors (Lipinski definition) is 6. The van der Waals surface area contributed by atoms with Gasteiger partial charge >= 0.3 is 0 Å². The molecule has 3 aromatic rings. The van der Waals surface area contributed by atoms with Gasteiger partial charge in [0.05, 0.1) is 11.1 Å². The van der Waals surface area contributed by atoms with Gasteiger partial charge in [0.1, 0.15) is 12.4 Å². The lowest BCUT2D eigenvalue weighted by atomic mass is 10.0. The fourth-order valence-corrected chi connectivity index (χ4v) is 2.73. The number of carbonyl (C=O) groups is 1. The molecule has 0 saturated carbocycles. The number of nitrogens with zero attached hydrogens (tertiary/aromatic N) is 2. The summed E-state index contributed by atoms with van der Waals surface area (Å²) in [6.07, 6.45) is 1.62. The Labute approximate surface area is 123 Å². The minimum Gasteiger partial charge on any atom is -0.488 e. The summed E-state index contributed by atoms with van der Waals surface area (Å²) in [6.45, 7) is 0.260. The molecular weight excluding hydrogens is 290 g/mol. The number of aromatic nitrogens is 2. The highest BCUT2D eigenvalue weighted by Gasteiger charge is 2.28. The highest BCUT2D eigenvalue weighted by molar-refractivity contribution is 7.13. The quantitative estimate of drug-likeness (QED) is 0.787. The SMILES string of the molecule is O=C(Nc1nccs1)c1noc2c1COc1ccccc1-2. The van der Waals surface area contributed by atoms with E-state index in [4.69, 9.17) is 9.26 Å². The Bertz CT molecular complexity index is 811. The van der Waals surface area contributed by atoms with Crippen molar-refractivity contribution in [2.75, 3.05) is 5.32 Å². The molecule has 3 heterocycles. The summed E-state index contributed by atoms with van der Waals surface area (Å²) < 4.78 is 11.0. The van der Waals surface area contributed by atoms with E-state index in [2.05, 4.69) is 15.5 Å². The molecule has 0 unspecified atom stereocenters. The first-order valence-corrected chi connectivity index (χ1v) is 7.12. The van der Waals surface area contributed by atoms with Crippen LogP contribution >= 0.6 is 11.3 Å². The van der Waals surface area contributed by atoms with E-state index in [1.807, 2.05) is 24.3 Å². The zero-order valence-electron chi connectivity index (χ0n) is 10.7. The predicted molar refractivity (Wildman–Crippen MR) is 76.3 cm³/mol. The van der Waals surface area contributed by atoms with Crippen LogP contribution in [-0.2, 0) is 6.61 Å². The van der Waals surface area contributed by atoms with Crippen LogP contribution in [0.5, 0.6) is 5.75 Å². The van der Waals surface area contributed by atoms with E-state index in [-0.39, 0.29) is 18.2 Å². The van der Waals surface area contributed by atoms with Gasteiger partial charge in [-0.2, -0.15) is 0 Å². The van der Waals surface area contributed by atoms with Crippen LogP contribution < -0.4 is 10.1 Å². The molecule has 2 aromatic heterocycles. The number of thiazole rings is 1. The molecular formula is C14H9N3O3S. The molecule has 0 spiro atoms. The number of anilines is 1. The highest BCUT2D eigenvalue weighted by atomic mass is 32.1. The van der Waals surface area contributed by atoms with E-state index in [0.29, 0.717) is 16.5 Å². The number of ether oxygens (including phenoxy) is 1. The van der Waals surface area contributed by atoms with Crippen molar-refractivity contribution in [3.8, 4) is 17.1 Å². The van der Waals surface area contributed by atoms with Gasteiger partial charge in [-0.25, -0.2) is 4.98 Å². The topological polar surface area (TPSA) is 77.3 Å². The molecule has 1 aliphatic heterocycles. The Morgan fingerprint density at radius 1 is 1.33 bits per heavy atom. The van der Waals surface area contributed by atoms with Gasteiger partial charge in [-0.15, -0.1) is 11.3 Å². The second kappa shape index (κ2) is 4.71. The van der Waals surface area contributed by atoms with Gasteiger partial charge in [-0.1, -0.05) is 17.3 Å². The highest BCUT2D eigenvalue weighted by Crippen LogP contribution is 2.38. The predicted octanol–water partition coefficient (Wildman–Crippen LogP) is 2.94. The molecule has 0 aliphatic carbocycles. The van der Waals surface area contributed by atoms with Gasteiger partial charge in [0.15, 0.2) is 16.6 Å². The first-order chi connectivity index (χ1) is 10.3. The molecule has 0 atom stereocenters. The zero-order valence-corrected chi connectivity index (χ0v) is 11.5. The second-order valence-corrected chi connectivity index (χ2v) is 5.31. The summed E-state index contributed by atoms with van der Waals surface area (Å²) in [5, 5.41) is 8.88. The molecule has 6 nitrogen and oxygen atoms in total. The number of benzene rings is 1. The van der Waals surface area contributed by atoms with Crippen molar-refractivity contribution in [1.82, 2.24) is 10.1 Å². The maximum absolute atomic E-state index is 12.2. The second-order valence-electron chi connectivity index (χ2n) is 4.42. The van der Waals surface area contributed by atoms with Crippen LogP contribution in [0.4, 0.5) is 5.13 Å². The maximum atomic E-state index is 12.2. The first-order valence-electron chi connectivity index (χ1n) is 6.24. The lowest BCUT2D eigenvalue weighted by Crippen LogP contribution is -2.16. The Balaban J connectivity index is 1.71. The molecule has 1 amide bonds. The summed E-state index contributed by atoms with van der Waals surface area (Å²) in [4.78, 5) is 16.2. The van der Waals surface area contributed by atoms with Crippen LogP contribution in [0, 0.1) is 0 Å². The van der Waals surface area contributed by atoms with E-state index in [1.54, 1.807) is 11.6 Å². The van der Waals surface area contributed by atoms with E-state index in [0.717, 1.165) is 11.3 Å². The molecule has 4 rings (SSSR count). The van der Waals surface area contributed by atoms with E-state index < -0.39 is 0 Å². The van der Waals surface area contributed by atoms with Crippen molar-refractivity contribution >= 4 is 22.4 Å². The lowest BCUT2D eigenvalue weighted by molar-refractivity contribution is 0.101. The van der Waals surface area contributed by atoms with Crippen LogP contribution in [0.2, 0.25) is 0 Å². The maximum Gasteiger partial charge on any atom is 0.280 e. The largest absolute Gasteiger partial charge is 0.488 e. The lowest BCUT2D eigenvalue weighted by Gasteiger charge is -2.15. The normalized spacial score (nSPS) is 12.2. The van der Waals surface area contributed by atoms with Crippen LogP contribution in [0.15, 0.2) is 40.4 Å². The summed E-state index contributed by atoms with van der Waals surface area (Å²) in [6, 6.07) is 7.50. The van der Waals surface area contributed by atoms with Crippen LogP contribution in [-0.4, -0.2) is 16.0 Å². The monoisotopic (exact) mass is 299 g/mol. The number of amides is 1. The first kappa shape index (κ1) is 12.1. The minimum atomic E-state index is -0.349. The average Bonchev–Trinajstić information content (AvgIpc) is 3.15. The third-order valence-corrected chi connectivity index (χ3v) is 3.85.